The number of hydrogen-bond donors (Lipinski definition) is 0. The van der Waals surface area contributed by atoms with Crippen molar-refractivity contribution < 1.29 is 13.2 Å². The zero-order valence-corrected chi connectivity index (χ0v) is 9.94. The molecule has 0 saturated carbocycles. The lowest BCUT2D eigenvalue weighted by Gasteiger charge is -2.09. The van der Waals surface area contributed by atoms with E-state index in [0.29, 0.717) is 18.9 Å². The van der Waals surface area contributed by atoms with Gasteiger partial charge in [-0.05, 0) is 19.0 Å². The monoisotopic (exact) mass is 252 g/mol. The van der Waals surface area contributed by atoms with E-state index in [2.05, 4.69) is 0 Å². The summed E-state index contributed by atoms with van der Waals surface area (Å²) in [5.74, 6) is 0. The topological polar surface area (TPSA) is 0 Å². The van der Waals surface area contributed by atoms with Crippen molar-refractivity contribution in [2.24, 2.45) is 0 Å². The molecular formula is C7H13Cl2F3Si. The Balaban J connectivity index is 3.28. The maximum Gasteiger partial charge on any atom is 0.389 e. The van der Waals surface area contributed by atoms with E-state index >= 15 is 0 Å². The summed E-state index contributed by atoms with van der Waals surface area (Å²) < 4.78 is 35.0. The minimum atomic E-state index is -4.03. The van der Waals surface area contributed by atoms with E-state index in [0.717, 1.165) is 0 Å². The predicted octanol–water partition coefficient (Wildman–Crippen LogP) is 4.66. The third-order valence-electron chi connectivity index (χ3n) is 1.58. The van der Waals surface area contributed by atoms with Gasteiger partial charge in [-0.15, -0.1) is 22.2 Å². The SMILES string of the molecule is C[Si](Cl)(Cl)CCCCCC(F)(F)F. The summed E-state index contributed by atoms with van der Waals surface area (Å²) in [6, 6.07) is 0.675. The molecule has 13 heavy (non-hydrogen) atoms. The summed E-state index contributed by atoms with van der Waals surface area (Å²) in [7, 11) is 0. The third-order valence-corrected chi connectivity index (χ3v) is 3.94. The smallest absolute Gasteiger partial charge is 0.171 e. The highest BCUT2D eigenvalue weighted by atomic mass is 35.7. The van der Waals surface area contributed by atoms with Crippen LogP contribution in [-0.2, 0) is 0 Å². The first-order chi connectivity index (χ1) is 5.71. The molecule has 0 heterocycles. The molecule has 0 fully saturated rings. The minimum Gasteiger partial charge on any atom is -0.171 e. The summed E-state index contributed by atoms with van der Waals surface area (Å²) in [5, 5.41) is 0. The van der Waals surface area contributed by atoms with Gasteiger partial charge in [-0.25, -0.2) is 0 Å². The van der Waals surface area contributed by atoms with Crippen LogP contribution in [0.3, 0.4) is 0 Å². The lowest BCUT2D eigenvalue weighted by Crippen LogP contribution is -2.12. The van der Waals surface area contributed by atoms with Crippen LogP contribution < -0.4 is 0 Å². The van der Waals surface area contributed by atoms with Gasteiger partial charge < -0.3 is 0 Å². The van der Waals surface area contributed by atoms with Gasteiger partial charge in [-0.3, -0.25) is 0 Å². The maximum atomic E-state index is 11.7. The Morgan fingerprint density at radius 2 is 1.62 bits per heavy atom. The molecule has 6 heteroatoms. The van der Waals surface area contributed by atoms with E-state index in [1.807, 2.05) is 0 Å². The Morgan fingerprint density at radius 1 is 1.08 bits per heavy atom. The fourth-order valence-corrected chi connectivity index (χ4v) is 2.61. The second-order valence-corrected chi connectivity index (χ2v) is 11.5. The van der Waals surface area contributed by atoms with Gasteiger partial charge in [-0.2, -0.15) is 13.2 Å². The quantitative estimate of drug-likeness (QED) is 0.380. The highest BCUT2D eigenvalue weighted by Gasteiger charge is 2.26. The summed E-state index contributed by atoms with van der Waals surface area (Å²) in [6.45, 7) is -0.312. The third kappa shape index (κ3) is 12.6. The summed E-state index contributed by atoms with van der Waals surface area (Å²) in [4.78, 5) is 0. The van der Waals surface area contributed by atoms with Gasteiger partial charge in [0.2, 0.25) is 6.69 Å². The first-order valence-corrected chi connectivity index (χ1v) is 8.88. The van der Waals surface area contributed by atoms with Crippen LogP contribution in [0.15, 0.2) is 0 Å². The first-order valence-electron chi connectivity index (χ1n) is 4.15. The standard InChI is InChI=1S/C7H13Cl2F3Si/c1-13(8,9)6-4-2-3-5-7(10,11)12/h2-6H2,1H3. The molecule has 0 atom stereocenters. The molecule has 0 bridgehead atoms. The molecule has 0 saturated heterocycles. The van der Waals surface area contributed by atoms with E-state index in [1.54, 1.807) is 6.55 Å². The van der Waals surface area contributed by atoms with Gasteiger partial charge in [-0.1, -0.05) is 12.8 Å². The molecule has 0 aliphatic carbocycles. The van der Waals surface area contributed by atoms with Gasteiger partial charge in [0.1, 0.15) is 0 Å². The van der Waals surface area contributed by atoms with Crippen molar-refractivity contribution in [2.45, 2.75) is 44.5 Å². The molecule has 0 aromatic heterocycles. The molecule has 80 valence electrons. The largest absolute Gasteiger partial charge is 0.389 e. The number of unbranched alkanes of at least 4 members (excludes halogenated alkanes) is 2. The summed E-state index contributed by atoms with van der Waals surface area (Å²) in [5.41, 5.74) is 0. The van der Waals surface area contributed by atoms with Crippen LogP contribution in [0.4, 0.5) is 13.2 Å². The Hall–Kier alpha value is 0.587. The van der Waals surface area contributed by atoms with Crippen molar-refractivity contribution in [1.29, 1.82) is 0 Å². The molecule has 0 N–H and O–H groups in total. The lowest BCUT2D eigenvalue weighted by atomic mass is 10.2. The summed E-state index contributed by atoms with van der Waals surface area (Å²) in [6.07, 6.45) is -3.28. The highest BCUT2D eigenvalue weighted by molar-refractivity contribution is 7.44. The van der Waals surface area contributed by atoms with Gasteiger partial charge in [0.15, 0.2) is 0 Å². The van der Waals surface area contributed by atoms with Crippen LogP contribution in [-0.4, -0.2) is 12.9 Å². The molecule has 0 nitrogen and oxygen atoms in total. The van der Waals surface area contributed by atoms with Crippen molar-refractivity contribution in [2.75, 3.05) is 0 Å². The van der Waals surface area contributed by atoms with Crippen molar-refractivity contribution in [3.05, 3.63) is 0 Å². The normalized spacial score (nSPS) is 13.4. The average Bonchev–Trinajstić information content (AvgIpc) is 1.81. The number of alkyl halides is 3. The van der Waals surface area contributed by atoms with Gasteiger partial charge in [0, 0.05) is 6.42 Å². The van der Waals surface area contributed by atoms with E-state index in [4.69, 9.17) is 22.2 Å². The van der Waals surface area contributed by atoms with E-state index in [1.165, 1.54) is 0 Å². The fraction of sp³-hybridized carbons (Fsp3) is 1.00. The van der Waals surface area contributed by atoms with Crippen LogP contribution in [0.1, 0.15) is 25.7 Å². The van der Waals surface area contributed by atoms with Crippen molar-refractivity contribution >= 4 is 28.9 Å². The second-order valence-electron chi connectivity index (χ2n) is 3.25. The van der Waals surface area contributed by atoms with Crippen molar-refractivity contribution in [3.63, 3.8) is 0 Å². The Kier molecular flexibility index (Phi) is 5.71. The Labute approximate surface area is 86.8 Å². The average molecular weight is 253 g/mol. The van der Waals surface area contributed by atoms with Crippen molar-refractivity contribution in [1.82, 2.24) is 0 Å². The zero-order chi connectivity index (χ0) is 10.5. The maximum absolute atomic E-state index is 11.7. The van der Waals surface area contributed by atoms with Gasteiger partial charge in [0.25, 0.3) is 0 Å². The highest BCUT2D eigenvalue weighted by Crippen LogP contribution is 2.26. The number of rotatable bonds is 5. The Bertz CT molecular complexity index is 126. The van der Waals surface area contributed by atoms with Gasteiger partial charge in [0.05, 0.1) is 0 Å². The first kappa shape index (κ1) is 13.6. The summed E-state index contributed by atoms with van der Waals surface area (Å²) >= 11 is 11.6. The molecule has 0 aromatic rings. The number of halogens is 5. The molecule has 0 amide bonds. The zero-order valence-electron chi connectivity index (χ0n) is 7.43. The van der Waals surface area contributed by atoms with E-state index < -0.39 is 19.3 Å². The second kappa shape index (κ2) is 5.46. The van der Waals surface area contributed by atoms with E-state index in [9.17, 15) is 13.2 Å². The lowest BCUT2D eigenvalue weighted by molar-refractivity contribution is -0.135. The predicted molar refractivity (Wildman–Crippen MR) is 52.7 cm³/mol. The van der Waals surface area contributed by atoms with Crippen LogP contribution >= 0.6 is 22.2 Å². The van der Waals surface area contributed by atoms with Crippen LogP contribution in [0.2, 0.25) is 12.6 Å². The van der Waals surface area contributed by atoms with Crippen molar-refractivity contribution in [3.8, 4) is 0 Å². The molecule has 0 aliphatic heterocycles. The van der Waals surface area contributed by atoms with Gasteiger partial charge >= 0.3 is 6.18 Å². The van der Waals surface area contributed by atoms with Crippen LogP contribution in [0.5, 0.6) is 0 Å². The molecule has 0 aliphatic rings. The minimum absolute atomic E-state index is 0.182. The fourth-order valence-electron chi connectivity index (χ4n) is 0.938. The number of hydrogen-bond acceptors (Lipinski definition) is 0. The van der Waals surface area contributed by atoms with E-state index in [-0.39, 0.29) is 6.42 Å². The Morgan fingerprint density at radius 3 is 2.00 bits per heavy atom. The molecule has 0 unspecified atom stereocenters. The van der Waals surface area contributed by atoms with Crippen LogP contribution in [0.25, 0.3) is 0 Å². The van der Waals surface area contributed by atoms with Crippen LogP contribution in [0, 0.1) is 0 Å². The molecule has 0 radical (unpaired) electrons. The molecule has 0 rings (SSSR count). The molecule has 0 aromatic carbocycles. The molecule has 0 spiro atoms. The molecular weight excluding hydrogens is 240 g/mol.